The minimum absolute atomic E-state index is 0.0304. The number of amides is 1. The predicted octanol–water partition coefficient (Wildman–Crippen LogP) is 3.53. The van der Waals surface area contributed by atoms with Gasteiger partial charge >= 0.3 is 6.18 Å². The molecule has 2 aromatic heterocycles. The Morgan fingerprint density at radius 1 is 1.20 bits per heavy atom. The summed E-state index contributed by atoms with van der Waals surface area (Å²) in [5, 5.41) is 13.6. The number of anilines is 1. The lowest BCUT2D eigenvalue weighted by Crippen LogP contribution is -2.15. The molecule has 0 spiro atoms. The molecule has 0 unspecified atom stereocenters. The normalized spacial score (nSPS) is 11.7. The second-order valence-corrected chi connectivity index (χ2v) is 6.18. The van der Waals surface area contributed by atoms with Crippen molar-refractivity contribution in [1.29, 1.82) is 0 Å². The largest absolute Gasteiger partial charge is 0.453 e. The number of carbonyl (C=O) groups excluding carboxylic acids is 1. The van der Waals surface area contributed by atoms with Crippen LogP contribution in [0.2, 0.25) is 5.02 Å². The van der Waals surface area contributed by atoms with Crippen LogP contribution in [0.3, 0.4) is 0 Å². The van der Waals surface area contributed by atoms with Crippen LogP contribution in [-0.4, -0.2) is 31.5 Å². The predicted molar refractivity (Wildman–Crippen MR) is 86.6 cm³/mol. The fraction of sp³-hybridized carbons (Fsp3) is 0.143. The van der Waals surface area contributed by atoms with E-state index in [1.54, 1.807) is 24.3 Å². The van der Waals surface area contributed by atoms with E-state index >= 15 is 0 Å². The third-order valence-electron chi connectivity index (χ3n) is 2.99. The highest BCUT2D eigenvalue weighted by Gasteiger charge is 2.37. The van der Waals surface area contributed by atoms with Gasteiger partial charge in [0.2, 0.25) is 5.91 Å². The number of nitrogens with zero attached hydrogens (tertiary/aromatic N) is 4. The van der Waals surface area contributed by atoms with Crippen molar-refractivity contribution in [1.82, 2.24) is 19.8 Å². The summed E-state index contributed by atoms with van der Waals surface area (Å²) < 4.78 is 39.1. The molecule has 0 atom stereocenters. The quantitative estimate of drug-likeness (QED) is 0.693. The molecule has 1 aromatic carbocycles. The number of nitrogens with one attached hydrogen (secondary N) is 1. The smallest absolute Gasteiger partial charge is 0.324 e. The van der Waals surface area contributed by atoms with Crippen LogP contribution in [0.1, 0.15) is 5.82 Å². The summed E-state index contributed by atoms with van der Waals surface area (Å²) in [6, 6.07) is 9.53. The first-order chi connectivity index (χ1) is 11.8. The van der Waals surface area contributed by atoms with Gasteiger partial charge in [-0.15, -0.1) is 10.2 Å². The van der Waals surface area contributed by atoms with E-state index in [0.717, 1.165) is 11.8 Å². The first-order valence-corrected chi connectivity index (χ1v) is 8.18. The summed E-state index contributed by atoms with van der Waals surface area (Å²) >= 11 is 6.92. The van der Waals surface area contributed by atoms with Crippen LogP contribution in [0.25, 0.3) is 5.65 Å². The molecule has 0 aliphatic carbocycles. The molecule has 0 radical (unpaired) electrons. The summed E-state index contributed by atoms with van der Waals surface area (Å²) in [5.74, 6) is -1.63. The molecule has 130 valence electrons. The molecular weight excluding hydrogens is 379 g/mol. The van der Waals surface area contributed by atoms with E-state index in [1.807, 2.05) is 0 Å². The zero-order chi connectivity index (χ0) is 18.0. The standard InChI is InChI=1S/C14H9ClF3N5OS/c15-8-3-1-2-4-9(8)19-11(24)7-25-12-6-5-10-20-21-13(14(16,17)18)23(10)22-12/h1-6H,7H2,(H,19,24). The number of benzene rings is 1. The molecule has 25 heavy (non-hydrogen) atoms. The van der Waals surface area contributed by atoms with E-state index in [2.05, 4.69) is 20.6 Å². The van der Waals surface area contributed by atoms with Gasteiger partial charge in [0.05, 0.1) is 16.5 Å². The molecule has 0 aliphatic rings. The molecule has 2 heterocycles. The maximum atomic E-state index is 12.8. The van der Waals surface area contributed by atoms with Gasteiger partial charge in [-0.3, -0.25) is 4.79 Å². The van der Waals surface area contributed by atoms with Crippen molar-refractivity contribution in [2.24, 2.45) is 0 Å². The topological polar surface area (TPSA) is 72.2 Å². The fourth-order valence-corrected chi connectivity index (χ4v) is 2.75. The third-order valence-corrected chi connectivity index (χ3v) is 4.24. The van der Waals surface area contributed by atoms with E-state index in [9.17, 15) is 18.0 Å². The Labute approximate surface area is 148 Å². The first kappa shape index (κ1) is 17.5. The second kappa shape index (κ2) is 6.89. The number of carbonyl (C=O) groups is 1. The molecule has 0 bridgehead atoms. The van der Waals surface area contributed by atoms with Crippen molar-refractivity contribution >= 4 is 40.6 Å². The molecular formula is C14H9ClF3N5OS. The minimum atomic E-state index is -4.67. The van der Waals surface area contributed by atoms with E-state index < -0.39 is 12.0 Å². The van der Waals surface area contributed by atoms with Gasteiger partial charge in [0.25, 0.3) is 5.82 Å². The SMILES string of the molecule is O=C(CSc1ccc2nnc(C(F)(F)F)n2n1)Nc1ccccc1Cl. The summed E-state index contributed by atoms with van der Waals surface area (Å²) in [6.07, 6.45) is -4.67. The summed E-state index contributed by atoms with van der Waals surface area (Å²) in [5.41, 5.74) is 0.425. The highest BCUT2D eigenvalue weighted by atomic mass is 35.5. The zero-order valence-corrected chi connectivity index (χ0v) is 13.9. The number of thioether (sulfide) groups is 1. The van der Waals surface area contributed by atoms with Crippen LogP contribution >= 0.6 is 23.4 Å². The number of hydrogen-bond donors (Lipinski definition) is 1. The lowest BCUT2D eigenvalue weighted by Gasteiger charge is -2.07. The average molecular weight is 388 g/mol. The summed E-state index contributed by atoms with van der Waals surface area (Å²) in [6.45, 7) is 0. The number of para-hydroxylation sites is 1. The van der Waals surface area contributed by atoms with Crippen LogP contribution < -0.4 is 5.32 Å². The molecule has 0 fully saturated rings. The van der Waals surface area contributed by atoms with E-state index in [-0.39, 0.29) is 22.3 Å². The number of aromatic nitrogens is 4. The Morgan fingerprint density at radius 2 is 1.96 bits per heavy atom. The lowest BCUT2D eigenvalue weighted by atomic mass is 10.3. The van der Waals surface area contributed by atoms with Crippen LogP contribution in [-0.2, 0) is 11.0 Å². The first-order valence-electron chi connectivity index (χ1n) is 6.81. The molecule has 3 rings (SSSR count). The zero-order valence-electron chi connectivity index (χ0n) is 12.3. The second-order valence-electron chi connectivity index (χ2n) is 4.78. The Bertz CT molecular complexity index is 930. The highest BCUT2D eigenvalue weighted by molar-refractivity contribution is 7.99. The van der Waals surface area contributed by atoms with E-state index in [0.29, 0.717) is 15.2 Å². The number of halogens is 4. The minimum Gasteiger partial charge on any atom is -0.324 e. The number of fused-ring (bicyclic) bond motifs is 1. The van der Waals surface area contributed by atoms with Crippen molar-refractivity contribution in [3.8, 4) is 0 Å². The van der Waals surface area contributed by atoms with Crippen molar-refractivity contribution in [3.05, 3.63) is 47.2 Å². The van der Waals surface area contributed by atoms with Crippen LogP contribution in [0.15, 0.2) is 41.4 Å². The van der Waals surface area contributed by atoms with Crippen molar-refractivity contribution < 1.29 is 18.0 Å². The van der Waals surface area contributed by atoms with Crippen molar-refractivity contribution in [2.75, 3.05) is 11.1 Å². The Kier molecular flexibility index (Phi) is 4.82. The highest BCUT2D eigenvalue weighted by Crippen LogP contribution is 2.28. The van der Waals surface area contributed by atoms with Crippen LogP contribution in [0.5, 0.6) is 0 Å². The van der Waals surface area contributed by atoms with E-state index in [1.165, 1.54) is 12.1 Å². The third kappa shape index (κ3) is 4.02. The lowest BCUT2D eigenvalue weighted by molar-refractivity contribution is -0.146. The van der Waals surface area contributed by atoms with Crippen molar-refractivity contribution in [2.45, 2.75) is 11.2 Å². The van der Waals surface area contributed by atoms with Crippen LogP contribution in [0.4, 0.5) is 18.9 Å². The van der Waals surface area contributed by atoms with Gasteiger partial charge in [-0.25, -0.2) is 0 Å². The van der Waals surface area contributed by atoms with E-state index in [4.69, 9.17) is 11.6 Å². The molecule has 1 N–H and O–H groups in total. The number of alkyl halides is 3. The fourth-order valence-electron chi connectivity index (χ4n) is 1.91. The molecule has 3 aromatic rings. The van der Waals surface area contributed by atoms with Gasteiger partial charge in [0.15, 0.2) is 5.65 Å². The summed E-state index contributed by atoms with van der Waals surface area (Å²) in [4.78, 5) is 11.9. The molecule has 1 amide bonds. The summed E-state index contributed by atoms with van der Waals surface area (Å²) in [7, 11) is 0. The molecule has 11 heteroatoms. The van der Waals surface area contributed by atoms with Gasteiger partial charge in [0, 0.05) is 0 Å². The average Bonchev–Trinajstić information content (AvgIpc) is 2.98. The monoisotopic (exact) mass is 387 g/mol. The van der Waals surface area contributed by atoms with Crippen LogP contribution in [0, 0.1) is 0 Å². The van der Waals surface area contributed by atoms with Gasteiger partial charge in [-0.1, -0.05) is 35.5 Å². The Hall–Kier alpha value is -2.33. The number of rotatable bonds is 4. The van der Waals surface area contributed by atoms with Gasteiger partial charge in [-0.2, -0.15) is 22.8 Å². The Balaban J connectivity index is 1.71. The van der Waals surface area contributed by atoms with Crippen molar-refractivity contribution in [3.63, 3.8) is 0 Å². The maximum absolute atomic E-state index is 12.8. The van der Waals surface area contributed by atoms with Gasteiger partial charge < -0.3 is 5.32 Å². The van der Waals surface area contributed by atoms with Gasteiger partial charge in [0.1, 0.15) is 5.03 Å². The molecule has 0 aliphatic heterocycles. The Morgan fingerprint density at radius 3 is 2.68 bits per heavy atom. The maximum Gasteiger partial charge on any atom is 0.453 e. The molecule has 6 nitrogen and oxygen atoms in total. The molecule has 0 saturated heterocycles. The van der Waals surface area contributed by atoms with Gasteiger partial charge in [-0.05, 0) is 24.3 Å². The number of hydrogen-bond acceptors (Lipinski definition) is 5. The molecule has 0 saturated carbocycles.